The van der Waals surface area contributed by atoms with Crippen molar-refractivity contribution in [2.75, 3.05) is 13.1 Å². The Hall–Kier alpha value is 2.50. The van der Waals surface area contributed by atoms with Gasteiger partial charge in [-0.25, -0.2) is 0 Å². The highest BCUT2D eigenvalue weighted by Crippen LogP contribution is 2.00. The summed E-state index contributed by atoms with van der Waals surface area (Å²) in [5.74, 6) is 0. The molecule has 0 spiro atoms. The molecule has 0 radical (unpaired) electrons. The van der Waals surface area contributed by atoms with Gasteiger partial charge in [0.2, 0.25) is 0 Å². The number of allylic oxidation sites excluding steroid dienone is 2. The zero-order valence-corrected chi connectivity index (χ0v) is 32.5. The Balaban J connectivity index is -0.0000000206. The summed E-state index contributed by atoms with van der Waals surface area (Å²) in [5, 5.41) is 0. The van der Waals surface area contributed by atoms with Crippen LogP contribution in [0.5, 0.6) is 0 Å². The second-order valence-corrected chi connectivity index (χ2v) is 6.59. The van der Waals surface area contributed by atoms with Crippen LogP contribution in [0.3, 0.4) is 0 Å². The third kappa shape index (κ3) is 438. The average Bonchev–Trinajstić information content (AvgIpc) is 2.64. The van der Waals surface area contributed by atoms with Crippen molar-refractivity contribution in [1.82, 2.24) is 4.90 Å². The highest BCUT2D eigenvalue weighted by atomic mass is 35.6. The van der Waals surface area contributed by atoms with Crippen LogP contribution in [0, 0.1) is 162 Å². The standard InChI is InChI=1S/C9H15N.7ClO3.7ClH2/c1-2-3-7-10-8-5-4-6-9-10;7*2-1(3)4;;;;;;;/h4-6,8H,2-3,7,9H2,1H3;;;;;;;;7*1H2/q;7*-1;7*+1. The molecule has 0 amide bonds. The normalized spacial score (nSPS) is 9.22. The van der Waals surface area contributed by atoms with E-state index in [1.54, 1.807) is 0 Å². The van der Waals surface area contributed by atoms with Crippen molar-refractivity contribution >= 4 is 0 Å². The molecule has 294 valence electrons. The molecule has 1 aliphatic rings. The molecule has 0 saturated heterocycles. The van der Waals surface area contributed by atoms with E-state index in [4.69, 9.17) is 97.8 Å². The number of unbranched alkanes of at least 4 members (excludes halogenated alkanes) is 1. The molecule has 0 fully saturated rings. The third-order valence-electron chi connectivity index (χ3n) is 1.68. The lowest BCUT2D eigenvalue weighted by Gasteiger charge is -2.19. The molecule has 0 aliphatic carbocycles. The van der Waals surface area contributed by atoms with Crippen LogP contribution in [0.15, 0.2) is 24.4 Å². The first-order valence-electron chi connectivity index (χ1n) is 7.25. The predicted molar refractivity (Wildman–Crippen MR) is 64.3 cm³/mol. The highest BCUT2D eigenvalue weighted by Gasteiger charge is 1.96. The second kappa shape index (κ2) is 80.9. The van der Waals surface area contributed by atoms with E-state index in [0.29, 0.717) is 0 Å². The van der Waals surface area contributed by atoms with Crippen molar-refractivity contribution < 1.29 is 260 Å². The summed E-state index contributed by atoms with van der Waals surface area (Å²) >= 11 is 0. The van der Waals surface area contributed by atoms with E-state index in [0.717, 1.165) is 6.54 Å². The van der Waals surface area contributed by atoms with Crippen LogP contribution < -0.4 is 97.8 Å². The van der Waals surface area contributed by atoms with E-state index in [1.807, 2.05) is 0 Å². The van der Waals surface area contributed by atoms with Crippen LogP contribution in [0.25, 0.3) is 0 Å². The van der Waals surface area contributed by atoms with Crippen molar-refractivity contribution in [2.24, 2.45) is 0 Å². The maximum absolute atomic E-state index is 8.41. The zero-order chi connectivity index (χ0) is 32.3. The summed E-state index contributed by atoms with van der Waals surface area (Å²) in [6.45, 7) is 4.53. The minimum Gasteiger partial charge on any atom is -0.374 e. The zero-order valence-electron chi connectivity index (χ0n) is 20.9. The van der Waals surface area contributed by atoms with Gasteiger partial charge in [-0.1, -0.05) is 25.5 Å². The van der Waals surface area contributed by atoms with Gasteiger partial charge in [0.25, 0.3) is 0 Å². The fourth-order valence-electron chi connectivity index (χ4n) is 1.03. The molecule has 22 nitrogen and oxygen atoms in total. The lowest BCUT2D eigenvalue weighted by atomic mass is 10.3. The van der Waals surface area contributed by atoms with Crippen molar-refractivity contribution in [1.29, 1.82) is 0 Å². The SMILES string of the molecule is CCCCN1C=CC=CC1.[ClH2+].[ClH2+].[ClH2+].[ClH2+].[ClH2+].[ClH2+].[ClH2+].[O-][Cl+2]([O-])[O-].[O-][Cl+2]([O-])[O-].[O-][Cl+2]([O-])[O-].[O-][Cl+2]([O-])[O-].[O-][Cl+2]([O-])[O-].[O-][Cl+2]([O-])[O-].[O-][Cl+2]([O-])[O-]. The minimum absolute atomic E-state index is 0. The number of hydrogen-bond acceptors (Lipinski definition) is 22. The van der Waals surface area contributed by atoms with Gasteiger partial charge in [0.05, 0.1) is 162 Å². The van der Waals surface area contributed by atoms with Crippen LogP contribution in [-0.4, -0.2) is 18.0 Å². The minimum atomic E-state index is -2.85. The van der Waals surface area contributed by atoms with Crippen LogP contribution >= 0.6 is 0 Å². The molecule has 0 aromatic rings. The van der Waals surface area contributed by atoms with Crippen LogP contribution in [0.4, 0.5) is 0 Å². The van der Waals surface area contributed by atoms with E-state index in [9.17, 15) is 0 Å². The first kappa shape index (κ1) is 91.5. The Bertz CT molecular complexity index is 372. The molecule has 0 aromatic heterocycles. The lowest BCUT2D eigenvalue weighted by molar-refractivity contribution is -1.73. The van der Waals surface area contributed by atoms with Gasteiger partial charge >= 0.3 is 0 Å². The Morgan fingerprint density at radius 1 is 0.422 bits per heavy atom. The first-order valence-corrected chi connectivity index (χ1v) is 13.7. The van der Waals surface area contributed by atoms with E-state index < -0.39 is 75.5 Å². The summed E-state index contributed by atoms with van der Waals surface area (Å²) in [4.78, 5) is 2.34. The van der Waals surface area contributed by atoms with Crippen LogP contribution in [0.2, 0.25) is 0 Å². The van der Waals surface area contributed by atoms with Gasteiger partial charge in [0.15, 0.2) is 0 Å². The molecule has 45 heavy (non-hydrogen) atoms. The average molecular weight is 984 g/mol. The molecule has 36 heteroatoms. The van der Waals surface area contributed by atoms with Crippen LogP contribution in [0.1, 0.15) is 19.8 Å². The van der Waals surface area contributed by atoms with Crippen LogP contribution in [-0.2, 0) is 0 Å². The summed E-state index contributed by atoms with van der Waals surface area (Å²) in [5.41, 5.74) is 0. The Morgan fingerprint density at radius 3 is 0.756 bits per heavy atom. The van der Waals surface area contributed by atoms with Gasteiger partial charge in [-0.05, 0) is 18.7 Å². The number of hydrogen-bond donors (Lipinski definition) is 0. The fourth-order valence-corrected chi connectivity index (χ4v) is 1.03. The Kier molecular flexibility index (Phi) is 164. The highest BCUT2D eigenvalue weighted by molar-refractivity contribution is 5.08. The molecular weight excluding hydrogens is 954 g/mol. The predicted octanol–water partition coefficient (Wildman–Crippen LogP) is -26.5. The van der Waals surface area contributed by atoms with Gasteiger partial charge in [0.1, 0.15) is 0 Å². The van der Waals surface area contributed by atoms with Gasteiger partial charge in [0, 0.05) is 13.1 Å². The largest absolute Gasteiger partial charge is 0.374 e. The molecule has 0 atom stereocenters. The molecule has 0 N–H and O–H groups in total. The van der Waals surface area contributed by atoms with Crippen molar-refractivity contribution in [2.45, 2.75) is 19.8 Å². The topological polar surface area (TPSA) is 488 Å². The summed E-state index contributed by atoms with van der Waals surface area (Å²) in [6, 6.07) is 0. The maximum atomic E-state index is 8.41. The maximum Gasteiger partial charge on any atom is 0.0903 e. The van der Waals surface area contributed by atoms with Crippen molar-refractivity contribution in [3.05, 3.63) is 24.4 Å². The van der Waals surface area contributed by atoms with Crippen molar-refractivity contribution in [3.63, 3.8) is 0 Å². The van der Waals surface area contributed by atoms with E-state index in [1.165, 1.54) is 19.4 Å². The molecule has 0 saturated carbocycles. The van der Waals surface area contributed by atoms with Gasteiger partial charge in [-0.15, -0.1) is 0 Å². The lowest BCUT2D eigenvalue weighted by Crippen LogP contribution is -2.43. The monoisotopic (exact) mass is 977 g/mol. The molecule has 0 bridgehead atoms. The summed E-state index contributed by atoms with van der Waals surface area (Å²) in [7, 11) is -20.0. The van der Waals surface area contributed by atoms with E-state index in [2.05, 4.69) is 36.3 Å². The number of nitrogens with zero attached hydrogens (tertiary/aromatic N) is 1. The Morgan fingerprint density at radius 2 is 0.622 bits per heavy atom. The molecule has 0 unspecified atom stereocenters. The molecular formula is C9H29Cl14NO21. The molecule has 1 aliphatic heterocycles. The van der Waals surface area contributed by atoms with E-state index in [-0.39, 0.29) is 86.8 Å². The third-order valence-corrected chi connectivity index (χ3v) is 1.68. The summed E-state index contributed by atoms with van der Waals surface area (Å²) in [6.07, 6.45) is 11.1. The van der Waals surface area contributed by atoms with Gasteiger partial charge in [-0.2, -0.15) is 0 Å². The number of rotatable bonds is 3. The van der Waals surface area contributed by atoms with Gasteiger partial charge < -0.3 is 103 Å². The summed E-state index contributed by atoms with van der Waals surface area (Å²) < 4.78 is 177. The molecule has 1 heterocycles. The Labute approximate surface area is 320 Å². The van der Waals surface area contributed by atoms with Crippen molar-refractivity contribution in [3.8, 4) is 0 Å². The fraction of sp³-hybridized carbons (Fsp3) is 0.556. The van der Waals surface area contributed by atoms with E-state index >= 15 is 0 Å². The number of halogens is 14. The second-order valence-electron chi connectivity index (χ2n) is 3.94. The molecule has 0 aromatic carbocycles. The molecule has 1 rings (SSSR count). The smallest absolute Gasteiger partial charge is 0.0903 e. The van der Waals surface area contributed by atoms with Gasteiger partial charge in [-0.3, -0.25) is 0 Å². The first-order chi connectivity index (χ1) is 17.1. The quantitative estimate of drug-likeness (QED) is 0.253.